The second-order valence-corrected chi connectivity index (χ2v) is 25.7. The number of ketones is 1. The number of ether oxygens (including phenoxy) is 6. The van der Waals surface area contributed by atoms with Crippen LogP contribution in [0.1, 0.15) is 79.7 Å². The molecule has 0 bridgehead atoms. The van der Waals surface area contributed by atoms with E-state index in [1.165, 1.54) is 12.7 Å². The Bertz CT molecular complexity index is 3290. The number of nitrogen functional groups attached to an aromatic ring is 1. The summed E-state index contributed by atoms with van der Waals surface area (Å²) in [6.45, 7) is 6.35. The molecular formula is C63H67N7O9Si. The van der Waals surface area contributed by atoms with Crippen molar-refractivity contribution < 1.29 is 43.1 Å². The van der Waals surface area contributed by atoms with Crippen molar-refractivity contribution in [2.24, 2.45) is 5.73 Å². The van der Waals surface area contributed by atoms with Gasteiger partial charge in [0.05, 0.1) is 33.0 Å². The number of unbranched alkanes of at least 4 members (excludes halogenated alkanes) is 1. The van der Waals surface area contributed by atoms with E-state index >= 15 is 9.90 Å². The minimum atomic E-state index is -4.28. The minimum Gasteiger partial charge on any atom is -0.497 e. The molecular weight excluding hydrogens is 1030 g/mol. The number of aromatic nitrogens is 4. The monoisotopic (exact) mass is 1090 g/mol. The van der Waals surface area contributed by atoms with Gasteiger partial charge in [-0.25, -0.2) is 19.7 Å². The maximum Gasteiger partial charge on any atom is 0.335 e. The molecule has 0 aliphatic carbocycles. The van der Waals surface area contributed by atoms with Crippen LogP contribution in [-0.4, -0.2) is 101 Å². The number of hydrogen-bond donors (Lipinski definition) is 3. The number of esters is 1. The van der Waals surface area contributed by atoms with E-state index in [0.717, 1.165) is 10.4 Å². The van der Waals surface area contributed by atoms with Gasteiger partial charge in [-0.3, -0.25) is 9.36 Å². The molecule has 0 amide bonds. The molecule has 412 valence electrons. The first-order valence-electron chi connectivity index (χ1n) is 26.7. The van der Waals surface area contributed by atoms with Gasteiger partial charge < -0.3 is 45.0 Å². The molecule has 17 heteroatoms. The summed E-state index contributed by atoms with van der Waals surface area (Å²) in [5.74, 6) is -0.0623. The fraction of sp³-hybridized carbons (Fsp3) is 0.302. The molecule has 1 saturated heterocycles. The fourth-order valence-electron chi connectivity index (χ4n) is 11.8. The first-order valence-corrected chi connectivity index (χ1v) is 28.7. The van der Waals surface area contributed by atoms with Crippen molar-refractivity contribution in [1.29, 1.82) is 5.26 Å². The Kier molecular flexibility index (Phi) is 17.4. The van der Waals surface area contributed by atoms with E-state index in [2.05, 4.69) is 30.7 Å². The quantitative estimate of drug-likeness (QED) is 0.0180. The van der Waals surface area contributed by atoms with Crippen LogP contribution in [0.2, 0.25) is 5.04 Å². The van der Waals surface area contributed by atoms with Crippen LogP contribution < -0.4 is 31.3 Å². The number of Topliss-reactive ketones (excluding diaryl/α,β-unsaturated/α-hetero) is 1. The molecule has 0 spiro atoms. The van der Waals surface area contributed by atoms with E-state index in [-0.39, 0.29) is 42.0 Å². The number of hydrogen-bond acceptors (Lipinski definition) is 15. The van der Waals surface area contributed by atoms with Gasteiger partial charge in [0.1, 0.15) is 53.0 Å². The summed E-state index contributed by atoms with van der Waals surface area (Å²) in [6, 6.07) is 54.8. The van der Waals surface area contributed by atoms with Crippen molar-refractivity contribution in [2.45, 2.75) is 93.0 Å². The van der Waals surface area contributed by atoms with Crippen LogP contribution in [0.5, 0.6) is 11.5 Å². The SMILES string of the molecule is COc1ccc(C(OC(C(=O)c2ccccc2)[C@H]2O[C@@H](n3cnc4c(N)ncnc43)[C@H](OC(CCCCN)C(=O)OCCC#N)[C@@]2(O)[Si](c2ccccc2)(c2ccccc2)C(C)(C)C)(c2ccccc2)c2ccc(OC)cc2)cc1. The second kappa shape index (κ2) is 24.5. The molecule has 16 nitrogen and oxygen atoms in total. The molecule has 5 N–H and O–H groups in total. The first kappa shape index (κ1) is 56.6. The van der Waals surface area contributed by atoms with E-state index < -0.39 is 66.3 Å². The van der Waals surface area contributed by atoms with Gasteiger partial charge >= 0.3 is 5.97 Å². The van der Waals surface area contributed by atoms with Crippen LogP contribution in [0.4, 0.5) is 5.82 Å². The van der Waals surface area contributed by atoms with Gasteiger partial charge in [0.2, 0.25) is 0 Å². The summed E-state index contributed by atoms with van der Waals surface area (Å²) in [4.78, 5) is 45.1. The molecule has 80 heavy (non-hydrogen) atoms. The number of rotatable bonds is 23. The summed E-state index contributed by atoms with van der Waals surface area (Å²) in [5, 5.41) is 23.7. The number of carbonyl (C=O) groups is 2. The molecule has 8 aromatic rings. The van der Waals surface area contributed by atoms with Crippen LogP contribution in [-0.2, 0) is 29.3 Å². The molecule has 6 atom stereocenters. The number of aliphatic hydroxyl groups is 1. The van der Waals surface area contributed by atoms with Gasteiger partial charge in [0.15, 0.2) is 43.8 Å². The normalized spacial score (nSPS) is 18.2. The predicted octanol–water partition coefficient (Wildman–Crippen LogP) is 8.26. The number of nitrogens with zero attached hydrogens (tertiary/aromatic N) is 5. The van der Waals surface area contributed by atoms with Gasteiger partial charge in [-0.05, 0) is 71.8 Å². The predicted molar refractivity (Wildman–Crippen MR) is 307 cm³/mol. The molecule has 0 saturated carbocycles. The Morgan fingerprint density at radius 3 is 1.82 bits per heavy atom. The first-order chi connectivity index (χ1) is 38.8. The molecule has 2 unspecified atom stereocenters. The third-order valence-electron chi connectivity index (χ3n) is 15.2. The van der Waals surface area contributed by atoms with Crippen LogP contribution in [0.25, 0.3) is 11.2 Å². The number of methoxy groups -OCH3 is 2. The van der Waals surface area contributed by atoms with Crippen LogP contribution >= 0.6 is 0 Å². The summed E-state index contributed by atoms with van der Waals surface area (Å²) < 4.78 is 42.2. The molecule has 1 fully saturated rings. The summed E-state index contributed by atoms with van der Waals surface area (Å²) >= 11 is 0. The van der Waals surface area contributed by atoms with Crippen molar-refractivity contribution in [1.82, 2.24) is 19.5 Å². The number of carbonyl (C=O) groups excluding carboxylic acids is 2. The number of anilines is 1. The lowest BCUT2D eigenvalue weighted by molar-refractivity contribution is -0.172. The molecule has 1 aliphatic rings. The maximum atomic E-state index is 16.7. The van der Waals surface area contributed by atoms with Gasteiger partial charge in [-0.2, -0.15) is 5.26 Å². The summed E-state index contributed by atoms with van der Waals surface area (Å²) in [7, 11) is -1.11. The van der Waals surface area contributed by atoms with E-state index in [0.29, 0.717) is 47.6 Å². The van der Waals surface area contributed by atoms with Gasteiger partial charge in [0, 0.05) is 5.56 Å². The third kappa shape index (κ3) is 10.5. The lowest BCUT2D eigenvalue weighted by Crippen LogP contribution is -2.84. The highest BCUT2D eigenvalue weighted by molar-refractivity contribution is 7.06. The molecule has 6 aromatic carbocycles. The molecule has 9 rings (SSSR count). The largest absolute Gasteiger partial charge is 0.497 e. The number of benzene rings is 6. The van der Waals surface area contributed by atoms with Crippen molar-refractivity contribution in [3.05, 3.63) is 205 Å². The van der Waals surface area contributed by atoms with Gasteiger partial charge in [0.25, 0.3) is 0 Å². The molecule has 2 aromatic heterocycles. The smallest absolute Gasteiger partial charge is 0.335 e. The van der Waals surface area contributed by atoms with E-state index in [1.807, 2.05) is 152 Å². The van der Waals surface area contributed by atoms with Crippen LogP contribution in [0.3, 0.4) is 0 Å². The van der Waals surface area contributed by atoms with Crippen LogP contribution in [0.15, 0.2) is 183 Å². The molecule has 1 aliphatic heterocycles. The summed E-state index contributed by atoms with van der Waals surface area (Å²) in [5.41, 5.74) is 13.5. The van der Waals surface area contributed by atoms with Gasteiger partial charge in [-0.15, -0.1) is 0 Å². The lowest BCUT2D eigenvalue weighted by Gasteiger charge is -2.56. The Hall–Kier alpha value is -8.08. The van der Waals surface area contributed by atoms with E-state index in [4.69, 9.17) is 44.9 Å². The number of nitriles is 1. The standard InChI is InChI=1S/C63H67N7O9Si/c1-61(2,3)80(49-25-14-8-15-26-49,50-27-16-9-17-28-50)63(73)55(78-59(70-42-69-52-57(66)67-41-68-58(52)70)56(63)77-51(29-18-19-38-64)60(72)76-40-20-39-65)54(53(71)43-21-10-6-11-22-43)79-62(44-23-12-7-13-24-44,45-30-34-47(74-4)35-31-45)46-32-36-48(75-5)37-33-46/h6-17,21-28,30-37,41-42,51,54-56,59,73H,18-20,29,38,40,64H2,1-5H3,(H2,66,67,68)/t51?,54?,55-,56+,59-,63+/m1/s1. The fourth-order valence-corrected chi connectivity index (χ4v) is 18.6. The number of fused-ring (bicyclic) bond motifs is 1. The number of imidazole rings is 1. The third-order valence-corrected chi connectivity index (χ3v) is 21.7. The van der Waals surface area contributed by atoms with Crippen LogP contribution in [0, 0.1) is 11.3 Å². The van der Waals surface area contributed by atoms with Crippen molar-refractivity contribution in [3.63, 3.8) is 0 Å². The highest BCUT2D eigenvalue weighted by atomic mass is 28.3. The zero-order valence-electron chi connectivity index (χ0n) is 45.6. The molecule has 0 radical (unpaired) electrons. The summed E-state index contributed by atoms with van der Waals surface area (Å²) in [6.07, 6.45) is -4.10. The van der Waals surface area contributed by atoms with Gasteiger partial charge in [-0.1, -0.05) is 177 Å². The average Bonchev–Trinajstić information content (AvgIpc) is 4.06. The Morgan fingerprint density at radius 1 is 0.762 bits per heavy atom. The van der Waals surface area contributed by atoms with E-state index in [9.17, 15) is 10.1 Å². The van der Waals surface area contributed by atoms with Crippen molar-refractivity contribution in [3.8, 4) is 17.6 Å². The van der Waals surface area contributed by atoms with Crippen molar-refractivity contribution >= 4 is 47.2 Å². The minimum absolute atomic E-state index is 0.0706. The molecule has 3 heterocycles. The lowest BCUT2D eigenvalue weighted by atomic mass is 9.79. The zero-order valence-corrected chi connectivity index (χ0v) is 46.6. The Balaban J connectivity index is 1.44. The zero-order chi connectivity index (χ0) is 56.5. The Labute approximate surface area is 467 Å². The number of nitrogens with two attached hydrogens (primary N) is 2. The highest BCUT2D eigenvalue weighted by Crippen LogP contribution is 2.56. The second-order valence-electron chi connectivity index (χ2n) is 20.8. The topological polar surface area (TPSA) is 229 Å². The van der Waals surface area contributed by atoms with Crippen molar-refractivity contribution in [2.75, 3.05) is 33.1 Å². The highest BCUT2D eigenvalue weighted by Gasteiger charge is 2.76. The Morgan fingerprint density at radius 2 is 1.30 bits per heavy atom. The average molecular weight is 1090 g/mol. The van der Waals surface area contributed by atoms with E-state index in [1.54, 1.807) is 43.1 Å². The maximum absolute atomic E-state index is 16.7.